The average molecular weight is 987 g/mol. The summed E-state index contributed by atoms with van der Waals surface area (Å²) >= 11 is 13.8. The molecule has 0 atom stereocenters. The molecule has 0 saturated carbocycles. The molecule has 1 N–H and O–H groups in total. The van der Waals surface area contributed by atoms with Gasteiger partial charge in [-0.3, -0.25) is 4.86 Å². The largest absolute Gasteiger partial charge is 0.259 e. The number of hydrogen-bond acceptors (Lipinski definition) is 2. The highest BCUT2D eigenvalue weighted by Gasteiger charge is 2.25. The summed E-state index contributed by atoms with van der Waals surface area (Å²) in [7, 11) is 0. The first-order valence-corrected chi connectivity index (χ1v) is 37.3. The quantitative estimate of drug-likeness (QED) is 0.0482. The molecule has 0 aromatic heterocycles. The number of hydrogen-bond donors (Lipinski definition) is 1. The van der Waals surface area contributed by atoms with Crippen LogP contribution in [-0.2, 0) is 23.6 Å². The van der Waals surface area contributed by atoms with Gasteiger partial charge in [-0.25, -0.2) is 0 Å². The zero-order valence-electron chi connectivity index (χ0n) is 45.8. The van der Waals surface area contributed by atoms with Gasteiger partial charge >= 0.3 is 0 Å². The van der Waals surface area contributed by atoms with Crippen molar-refractivity contribution in [1.82, 2.24) is 4.86 Å². The third-order valence-corrected chi connectivity index (χ3v) is 25.6. The average Bonchev–Trinajstić information content (AvgIpc) is 3.30. The fraction of sp³-hybridized carbons (Fsp3) is 1.00. The first kappa shape index (κ1) is 66.3. The van der Waals surface area contributed by atoms with Crippen LogP contribution in [0.2, 0.25) is 0 Å². The Kier molecular flexibility index (Phi) is 55.6. The molecule has 0 fully saturated rings. The van der Waals surface area contributed by atoms with Crippen LogP contribution in [-0.4, -0.2) is 24.6 Å². The van der Waals surface area contributed by atoms with Gasteiger partial charge in [-0.1, -0.05) is 360 Å². The summed E-state index contributed by atoms with van der Waals surface area (Å²) in [5.41, 5.74) is 0. The molecule has 0 aromatic carbocycles. The zero-order chi connectivity index (χ0) is 47.3. The Morgan fingerprint density at radius 2 is 0.292 bits per heavy atom. The second kappa shape index (κ2) is 54.6. The van der Waals surface area contributed by atoms with Crippen molar-refractivity contribution < 1.29 is 0 Å². The van der Waals surface area contributed by atoms with Crippen molar-refractivity contribution in [2.75, 3.05) is 24.6 Å². The summed E-state index contributed by atoms with van der Waals surface area (Å²) in [6.07, 6.45) is 75.9. The minimum atomic E-state index is -1.65. The molecule has 0 aromatic rings. The lowest BCUT2D eigenvalue weighted by atomic mass is 10.0. The fourth-order valence-electron chi connectivity index (χ4n) is 10.3. The van der Waals surface area contributed by atoms with Gasteiger partial charge in [-0.05, 0) is 50.3 Å². The molecule has 0 aliphatic heterocycles. The van der Waals surface area contributed by atoms with Gasteiger partial charge in [0.15, 0.2) is 0 Å². The first-order valence-electron chi connectivity index (χ1n) is 30.9. The van der Waals surface area contributed by atoms with E-state index >= 15 is 0 Å². The van der Waals surface area contributed by atoms with Crippen molar-refractivity contribution in [1.29, 1.82) is 0 Å². The van der Waals surface area contributed by atoms with Crippen molar-refractivity contribution in [3.05, 3.63) is 0 Å². The Morgan fingerprint density at radius 1 is 0.185 bits per heavy atom. The van der Waals surface area contributed by atoms with Gasteiger partial charge in [0.1, 0.15) is 0 Å². The van der Waals surface area contributed by atoms with Crippen LogP contribution in [0, 0.1) is 0 Å². The van der Waals surface area contributed by atoms with E-state index in [0.29, 0.717) is 0 Å². The number of nitrogens with one attached hydrogen (secondary N) is 1. The Morgan fingerprint density at radius 3 is 0.415 bits per heavy atom. The molecule has 0 aliphatic rings. The van der Waals surface area contributed by atoms with Crippen molar-refractivity contribution >= 4 is 36.0 Å². The number of rotatable bonds is 58. The Bertz CT molecular complexity index is 842. The number of unbranched alkanes of at least 4 members (excludes halogenated alkanes) is 48. The highest BCUT2D eigenvalue weighted by molar-refractivity contribution is 8.22. The molecule has 65 heavy (non-hydrogen) atoms. The minimum Gasteiger partial charge on any atom is -0.259 e. The summed E-state index contributed by atoms with van der Waals surface area (Å²) < 4.78 is 0. The van der Waals surface area contributed by atoms with Gasteiger partial charge < -0.3 is 0 Å². The van der Waals surface area contributed by atoms with E-state index in [1.807, 2.05) is 0 Å². The predicted octanol–water partition coefficient (Wildman–Crippen LogP) is 23.7. The molecular formula is C60H125NP2S2. The Balaban J connectivity index is 5.12. The molecule has 0 aliphatic carbocycles. The standard InChI is InChI=1S/C60H125NP2S2/c1-5-9-13-17-21-25-29-33-37-41-45-49-53-57-62(64,58-54-50-46-42-38-34-30-26-22-18-14-10-6-2)61-63(65,59-55-51-47-43-39-35-31-27-23-19-15-11-7-3)60-56-52-48-44-40-36-32-28-24-20-16-12-8-4/h5-60H2,1-4H3,(H,61,64,65). The van der Waals surface area contributed by atoms with E-state index in [9.17, 15) is 0 Å². The predicted molar refractivity (Wildman–Crippen MR) is 314 cm³/mol. The third kappa shape index (κ3) is 51.4. The minimum absolute atomic E-state index is 1.27. The van der Waals surface area contributed by atoms with Crippen LogP contribution in [0.3, 0.4) is 0 Å². The van der Waals surface area contributed by atoms with Gasteiger partial charge in [0.05, 0.1) is 0 Å². The smallest absolute Gasteiger partial charge is 0.0164 e. The second-order valence-electron chi connectivity index (χ2n) is 21.7. The summed E-state index contributed by atoms with van der Waals surface area (Å²) in [5, 5.41) is 0. The molecule has 0 radical (unpaired) electrons. The van der Waals surface area contributed by atoms with Crippen LogP contribution in [0.25, 0.3) is 0 Å². The van der Waals surface area contributed by atoms with E-state index in [1.165, 1.54) is 359 Å². The Labute approximate surface area is 424 Å². The van der Waals surface area contributed by atoms with E-state index < -0.39 is 12.4 Å². The van der Waals surface area contributed by atoms with Crippen molar-refractivity contribution in [3.63, 3.8) is 0 Å². The van der Waals surface area contributed by atoms with E-state index in [0.717, 1.165) is 0 Å². The molecule has 0 saturated heterocycles. The van der Waals surface area contributed by atoms with Gasteiger partial charge in [-0.2, -0.15) is 0 Å². The van der Waals surface area contributed by atoms with Gasteiger partial charge in [0, 0.05) is 12.4 Å². The molecular weight excluding hydrogens is 861 g/mol. The van der Waals surface area contributed by atoms with Gasteiger partial charge in [0.25, 0.3) is 0 Å². The van der Waals surface area contributed by atoms with E-state index in [2.05, 4.69) is 32.6 Å². The molecule has 0 rings (SSSR count). The van der Waals surface area contributed by atoms with E-state index in [-0.39, 0.29) is 0 Å². The molecule has 5 heteroatoms. The van der Waals surface area contributed by atoms with Crippen LogP contribution >= 0.6 is 12.4 Å². The third-order valence-electron chi connectivity index (χ3n) is 14.9. The summed E-state index contributed by atoms with van der Waals surface area (Å²) in [4.78, 5) is 4.43. The van der Waals surface area contributed by atoms with Crippen LogP contribution in [0.4, 0.5) is 0 Å². The first-order chi connectivity index (χ1) is 31.9. The maximum Gasteiger partial charge on any atom is 0.0164 e. The lowest BCUT2D eigenvalue weighted by Gasteiger charge is -2.33. The van der Waals surface area contributed by atoms with Crippen molar-refractivity contribution in [3.8, 4) is 0 Å². The van der Waals surface area contributed by atoms with E-state index in [1.54, 1.807) is 0 Å². The molecule has 0 bridgehead atoms. The van der Waals surface area contributed by atoms with Crippen LogP contribution in [0.5, 0.6) is 0 Å². The normalized spacial score (nSPS) is 12.2. The van der Waals surface area contributed by atoms with Crippen LogP contribution in [0.1, 0.15) is 362 Å². The summed E-state index contributed by atoms with van der Waals surface area (Å²) in [5.74, 6) is 0. The van der Waals surface area contributed by atoms with Gasteiger partial charge in [-0.15, -0.1) is 0 Å². The topological polar surface area (TPSA) is 12.0 Å². The molecule has 0 unspecified atom stereocenters. The monoisotopic (exact) mass is 986 g/mol. The summed E-state index contributed by atoms with van der Waals surface area (Å²) in [6, 6.07) is 0. The maximum absolute atomic E-state index is 6.88. The van der Waals surface area contributed by atoms with Crippen LogP contribution < -0.4 is 4.86 Å². The van der Waals surface area contributed by atoms with Crippen molar-refractivity contribution in [2.45, 2.75) is 362 Å². The molecule has 0 spiro atoms. The lowest BCUT2D eigenvalue weighted by Crippen LogP contribution is -2.17. The van der Waals surface area contributed by atoms with Crippen molar-refractivity contribution in [2.24, 2.45) is 0 Å². The molecule has 392 valence electrons. The van der Waals surface area contributed by atoms with Gasteiger partial charge in [0.2, 0.25) is 0 Å². The fourth-order valence-corrected chi connectivity index (χ4v) is 22.8. The second-order valence-corrected chi connectivity index (χ2v) is 32.1. The molecule has 0 amide bonds. The SMILES string of the molecule is CCCCCCCCCCCCCCCP(=S)(CCCCCCCCCCCCCCC)NP(=S)(CCCCCCCCCCCCCCC)CCCCCCCCCCCCCCC. The molecule has 1 nitrogen and oxygen atoms in total. The van der Waals surface area contributed by atoms with E-state index in [4.69, 9.17) is 23.6 Å². The zero-order valence-corrected chi connectivity index (χ0v) is 49.2. The highest BCUT2D eigenvalue weighted by atomic mass is 32.5. The summed E-state index contributed by atoms with van der Waals surface area (Å²) in [6.45, 7) is 9.29. The lowest BCUT2D eigenvalue weighted by molar-refractivity contribution is 0.542. The highest BCUT2D eigenvalue weighted by Crippen LogP contribution is 2.57. The Hall–Kier alpha value is 1.26. The molecule has 0 heterocycles. The maximum atomic E-state index is 6.88. The van der Waals surface area contributed by atoms with Crippen LogP contribution in [0.15, 0.2) is 0 Å².